The lowest BCUT2D eigenvalue weighted by molar-refractivity contribution is 0.00404. The smallest absolute Gasteiger partial charge is 0.119 e. The van der Waals surface area contributed by atoms with Gasteiger partial charge in [-0.05, 0) is 79.5 Å². The third kappa shape index (κ3) is 1.88. The average Bonchev–Trinajstić information content (AvgIpc) is 3.14. The van der Waals surface area contributed by atoms with Crippen LogP contribution in [0.15, 0.2) is 18.2 Å². The van der Waals surface area contributed by atoms with Gasteiger partial charge in [-0.25, -0.2) is 0 Å². The van der Waals surface area contributed by atoms with Crippen molar-refractivity contribution in [3.63, 3.8) is 0 Å². The topological polar surface area (TPSA) is 29.5 Å². The molecule has 0 amide bonds. The predicted molar refractivity (Wildman–Crippen MR) is 78.8 cm³/mol. The molecule has 0 heterocycles. The second-order valence-electron chi connectivity index (χ2n) is 7.19. The van der Waals surface area contributed by atoms with Crippen LogP contribution in [-0.2, 0) is 12.0 Å². The standard InChI is InChI=1S/C18H24O2/c1-20-16-5-4-13-6-7-18(19,17(13)10-16)11-15-9-12-2-3-14(15)8-12/h4-5,10,12,14-15,19H,2-3,6-9,11H2,1H3. The Labute approximate surface area is 121 Å². The highest BCUT2D eigenvalue weighted by Gasteiger charge is 2.45. The molecule has 0 spiro atoms. The van der Waals surface area contributed by atoms with Gasteiger partial charge in [0.15, 0.2) is 0 Å². The zero-order chi connectivity index (χ0) is 13.7. The molecule has 108 valence electrons. The third-order valence-corrected chi connectivity index (χ3v) is 6.11. The van der Waals surface area contributed by atoms with E-state index in [9.17, 15) is 5.11 Å². The summed E-state index contributed by atoms with van der Waals surface area (Å²) in [4.78, 5) is 0. The molecule has 3 aliphatic carbocycles. The van der Waals surface area contributed by atoms with E-state index in [1.54, 1.807) is 7.11 Å². The van der Waals surface area contributed by atoms with E-state index < -0.39 is 5.60 Å². The predicted octanol–water partition coefficient (Wildman–Crippen LogP) is 3.66. The molecule has 4 atom stereocenters. The van der Waals surface area contributed by atoms with Crippen LogP contribution in [0.4, 0.5) is 0 Å². The molecule has 1 aromatic carbocycles. The molecule has 3 aliphatic rings. The van der Waals surface area contributed by atoms with Crippen LogP contribution in [0.1, 0.15) is 49.7 Å². The molecule has 2 nitrogen and oxygen atoms in total. The molecule has 0 saturated heterocycles. The number of fused-ring (bicyclic) bond motifs is 3. The van der Waals surface area contributed by atoms with Crippen molar-refractivity contribution in [1.29, 1.82) is 0 Å². The summed E-state index contributed by atoms with van der Waals surface area (Å²) in [6.45, 7) is 0. The van der Waals surface area contributed by atoms with Gasteiger partial charge in [0.05, 0.1) is 12.7 Å². The van der Waals surface area contributed by atoms with E-state index in [4.69, 9.17) is 4.74 Å². The Kier molecular flexibility index (Phi) is 2.85. The molecule has 2 saturated carbocycles. The van der Waals surface area contributed by atoms with Crippen molar-refractivity contribution in [3.8, 4) is 5.75 Å². The average molecular weight is 272 g/mol. The minimum atomic E-state index is -0.598. The van der Waals surface area contributed by atoms with Crippen molar-refractivity contribution < 1.29 is 9.84 Å². The maximum Gasteiger partial charge on any atom is 0.119 e. The van der Waals surface area contributed by atoms with E-state index in [2.05, 4.69) is 12.1 Å². The van der Waals surface area contributed by atoms with Crippen LogP contribution < -0.4 is 4.74 Å². The second kappa shape index (κ2) is 4.49. The molecule has 4 rings (SSSR count). The normalized spacial score (nSPS) is 38.2. The highest BCUT2D eigenvalue weighted by molar-refractivity contribution is 5.42. The van der Waals surface area contributed by atoms with Gasteiger partial charge in [0.25, 0.3) is 0 Å². The van der Waals surface area contributed by atoms with Gasteiger partial charge in [0, 0.05) is 0 Å². The van der Waals surface area contributed by atoms with Crippen LogP contribution in [-0.4, -0.2) is 12.2 Å². The fourth-order valence-electron chi connectivity index (χ4n) is 5.08. The summed E-state index contributed by atoms with van der Waals surface area (Å²) in [7, 11) is 1.70. The summed E-state index contributed by atoms with van der Waals surface area (Å²) in [6.07, 6.45) is 8.48. The molecule has 1 aromatic rings. The minimum absolute atomic E-state index is 0.598. The van der Waals surface area contributed by atoms with Gasteiger partial charge in [0.2, 0.25) is 0 Å². The molecule has 2 fully saturated rings. The summed E-state index contributed by atoms with van der Waals surface area (Å²) in [6, 6.07) is 6.21. The number of ether oxygens (including phenoxy) is 1. The number of aliphatic hydroxyl groups is 1. The van der Waals surface area contributed by atoms with Crippen molar-refractivity contribution in [2.75, 3.05) is 7.11 Å². The van der Waals surface area contributed by atoms with E-state index in [1.807, 2.05) is 6.07 Å². The Morgan fingerprint density at radius 1 is 1.30 bits per heavy atom. The van der Waals surface area contributed by atoms with Gasteiger partial charge >= 0.3 is 0 Å². The fourth-order valence-corrected chi connectivity index (χ4v) is 5.08. The minimum Gasteiger partial charge on any atom is -0.497 e. The number of methoxy groups -OCH3 is 1. The number of benzene rings is 1. The molecule has 0 aliphatic heterocycles. The van der Waals surface area contributed by atoms with Crippen LogP contribution in [0.25, 0.3) is 0 Å². The van der Waals surface area contributed by atoms with Crippen LogP contribution in [0, 0.1) is 17.8 Å². The van der Waals surface area contributed by atoms with E-state index in [1.165, 1.54) is 31.2 Å². The van der Waals surface area contributed by atoms with Gasteiger partial charge in [-0.2, -0.15) is 0 Å². The largest absolute Gasteiger partial charge is 0.497 e. The van der Waals surface area contributed by atoms with Gasteiger partial charge < -0.3 is 9.84 Å². The van der Waals surface area contributed by atoms with Crippen LogP contribution in [0.2, 0.25) is 0 Å². The van der Waals surface area contributed by atoms with Gasteiger partial charge in [-0.1, -0.05) is 12.5 Å². The molecule has 2 bridgehead atoms. The van der Waals surface area contributed by atoms with E-state index in [0.29, 0.717) is 0 Å². The lowest BCUT2D eigenvalue weighted by Gasteiger charge is -2.31. The van der Waals surface area contributed by atoms with Gasteiger partial charge in [-0.3, -0.25) is 0 Å². The van der Waals surface area contributed by atoms with Crippen LogP contribution in [0.5, 0.6) is 5.75 Å². The zero-order valence-corrected chi connectivity index (χ0v) is 12.3. The molecule has 0 aromatic heterocycles. The third-order valence-electron chi connectivity index (χ3n) is 6.11. The first kappa shape index (κ1) is 12.7. The maximum atomic E-state index is 11.2. The monoisotopic (exact) mass is 272 g/mol. The van der Waals surface area contributed by atoms with E-state index in [-0.39, 0.29) is 0 Å². The van der Waals surface area contributed by atoms with Crippen molar-refractivity contribution in [1.82, 2.24) is 0 Å². The van der Waals surface area contributed by atoms with Crippen molar-refractivity contribution in [3.05, 3.63) is 29.3 Å². The summed E-state index contributed by atoms with van der Waals surface area (Å²) in [5, 5.41) is 11.2. The Hall–Kier alpha value is -1.02. The quantitative estimate of drug-likeness (QED) is 0.910. The van der Waals surface area contributed by atoms with E-state index in [0.717, 1.165) is 48.3 Å². The van der Waals surface area contributed by atoms with Crippen molar-refractivity contribution in [2.24, 2.45) is 17.8 Å². The Balaban J connectivity index is 1.59. The molecule has 0 radical (unpaired) electrons. The molecule has 1 N–H and O–H groups in total. The zero-order valence-electron chi connectivity index (χ0n) is 12.3. The number of aryl methyl sites for hydroxylation is 1. The van der Waals surface area contributed by atoms with Crippen LogP contribution >= 0.6 is 0 Å². The van der Waals surface area contributed by atoms with Gasteiger partial charge in [0.1, 0.15) is 5.75 Å². The summed E-state index contributed by atoms with van der Waals surface area (Å²) >= 11 is 0. The first-order chi connectivity index (χ1) is 9.68. The molecule has 4 unspecified atom stereocenters. The summed E-state index contributed by atoms with van der Waals surface area (Å²) < 4.78 is 5.34. The van der Waals surface area contributed by atoms with E-state index >= 15 is 0 Å². The first-order valence-corrected chi connectivity index (χ1v) is 8.08. The first-order valence-electron chi connectivity index (χ1n) is 8.08. The lowest BCUT2D eigenvalue weighted by Crippen LogP contribution is -2.28. The molecule has 2 heteroatoms. The van der Waals surface area contributed by atoms with Crippen molar-refractivity contribution in [2.45, 2.75) is 50.5 Å². The Morgan fingerprint density at radius 3 is 2.90 bits per heavy atom. The van der Waals surface area contributed by atoms with Gasteiger partial charge in [-0.15, -0.1) is 0 Å². The van der Waals surface area contributed by atoms with Crippen LogP contribution in [0.3, 0.4) is 0 Å². The molecular weight excluding hydrogens is 248 g/mol. The number of hydrogen-bond acceptors (Lipinski definition) is 2. The SMILES string of the molecule is COc1ccc2c(c1)C(O)(CC1CC3CCC1C3)CC2. The summed E-state index contributed by atoms with van der Waals surface area (Å²) in [5.41, 5.74) is 1.86. The number of rotatable bonds is 3. The highest BCUT2D eigenvalue weighted by Crippen LogP contribution is 2.53. The fraction of sp³-hybridized carbons (Fsp3) is 0.667. The summed E-state index contributed by atoms with van der Waals surface area (Å²) in [5.74, 6) is 3.46. The Morgan fingerprint density at radius 2 is 2.20 bits per heavy atom. The maximum absolute atomic E-state index is 11.2. The Bertz CT molecular complexity index is 524. The second-order valence-corrected chi connectivity index (χ2v) is 7.19. The van der Waals surface area contributed by atoms with Crippen molar-refractivity contribution >= 4 is 0 Å². The lowest BCUT2D eigenvalue weighted by atomic mass is 9.78. The molecular formula is C18H24O2. The highest BCUT2D eigenvalue weighted by atomic mass is 16.5. The number of hydrogen-bond donors (Lipinski definition) is 1. The molecule has 20 heavy (non-hydrogen) atoms.